The number of ether oxygens (including phenoxy) is 3. The van der Waals surface area contributed by atoms with Crippen molar-refractivity contribution in [2.45, 2.75) is 84.5 Å². The van der Waals surface area contributed by atoms with Crippen LogP contribution in [0.15, 0.2) is 54.3 Å². The Bertz CT molecular complexity index is 1120. The van der Waals surface area contributed by atoms with Crippen molar-refractivity contribution in [2.24, 2.45) is 5.92 Å². The van der Waals surface area contributed by atoms with Crippen LogP contribution in [0.5, 0.6) is 11.5 Å². The molecule has 2 aromatic carbocycles. The van der Waals surface area contributed by atoms with Crippen molar-refractivity contribution >= 4 is 0 Å². The van der Waals surface area contributed by atoms with Crippen molar-refractivity contribution in [1.82, 2.24) is 0 Å². The zero-order valence-electron chi connectivity index (χ0n) is 24.0. The minimum Gasteiger partial charge on any atom is -0.497 e. The number of methoxy groups -OCH3 is 3. The summed E-state index contributed by atoms with van der Waals surface area (Å²) in [5, 5.41) is 0. The fraction of sp³-hybridized carbons (Fsp3) is 0.515. The Labute approximate surface area is 219 Å². The molecule has 3 heteroatoms. The summed E-state index contributed by atoms with van der Waals surface area (Å²) in [6.45, 7) is 18.2. The van der Waals surface area contributed by atoms with Crippen molar-refractivity contribution in [1.29, 1.82) is 0 Å². The molecule has 0 aromatic heterocycles. The Kier molecular flexibility index (Phi) is 8.64. The van der Waals surface area contributed by atoms with E-state index >= 15 is 0 Å². The summed E-state index contributed by atoms with van der Waals surface area (Å²) in [6, 6.07) is 11.2. The predicted molar refractivity (Wildman–Crippen MR) is 151 cm³/mol. The van der Waals surface area contributed by atoms with Crippen LogP contribution in [0.2, 0.25) is 0 Å². The Morgan fingerprint density at radius 2 is 1.64 bits per heavy atom. The fourth-order valence-electron chi connectivity index (χ4n) is 5.44. The van der Waals surface area contributed by atoms with Crippen LogP contribution in [0.1, 0.15) is 81.7 Å². The molecule has 0 saturated heterocycles. The van der Waals surface area contributed by atoms with E-state index in [9.17, 15) is 0 Å². The molecule has 0 aliphatic heterocycles. The quantitative estimate of drug-likeness (QED) is 0.248. The third-order valence-electron chi connectivity index (χ3n) is 8.06. The van der Waals surface area contributed by atoms with Crippen LogP contribution in [0.25, 0.3) is 0 Å². The molecule has 0 bridgehead atoms. The largest absolute Gasteiger partial charge is 0.497 e. The number of hydrogen-bond acceptors (Lipinski definition) is 3. The van der Waals surface area contributed by atoms with Crippen LogP contribution in [-0.2, 0) is 28.4 Å². The van der Waals surface area contributed by atoms with Gasteiger partial charge in [0.25, 0.3) is 0 Å². The van der Waals surface area contributed by atoms with Crippen LogP contribution in [-0.4, -0.2) is 21.3 Å². The van der Waals surface area contributed by atoms with Crippen molar-refractivity contribution in [3.63, 3.8) is 0 Å². The third-order valence-corrected chi connectivity index (χ3v) is 8.06. The monoisotopic (exact) mass is 490 g/mol. The van der Waals surface area contributed by atoms with Crippen molar-refractivity contribution in [3.05, 3.63) is 82.1 Å². The molecule has 0 radical (unpaired) electrons. The Hall–Kier alpha value is -2.68. The number of allylic oxidation sites excluding steroid dienone is 2. The average molecular weight is 491 g/mol. The highest BCUT2D eigenvalue weighted by molar-refractivity contribution is 5.49. The lowest BCUT2D eigenvalue weighted by atomic mass is 9.63. The van der Waals surface area contributed by atoms with Gasteiger partial charge < -0.3 is 14.2 Å². The first kappa shape index (κ1) is 27.9. The fourth-order valence-corrected chi connectivity index (χ4v) is 5.44. The van der Waals surface area contributed by atoms with E-state index in [2.05, 4.69) is 72.4 Å². The second-order valence-corrected chi connectivity index (χ2v) is 11.8. The maximum absolute atomic E-state index is 5.79. The molecule has 1 atom stereocenters. The van der Waals surface area contributed by atoms with Crippen molar-refractivity contribution in [3.8, 4) is 11.5 Å². The smallest absolute Gasteiger partial charge is 0.126 e. The molecule has 3 nitrogen and oxygen atoms in total. The van der Waals surface area contributed by atoms with E-state index in [0.717, 1.165) is 46.8 Å². The van der Waals surface area contributed by atoms with Gasteiger partial charge >= 0.3 is 0 Å². The average Bonchev–Trinajstić information content (AvgIpc) is 2.84. The van der Waals surface area contributed by atoms with Crippen LogP contribution in [0, 0.1) is 12.8 Å². The van der Waals surface area contributed by atoms with E-state index in [1.165, 1.54) is 29.5 Å². The van der Waals surface area contributed by atoms with Crippen LogP contribution >= 0.6 is 0 Å². The molecular weight excluding hydrogens is 444 g/mol. The Morgan fingerprint density at radius 1 is 0.972 bits per heavy atom. The zero-order valence-corrected chi connectivity index (χ0v) is 24.0. The summed E-state index contributed by atoms with van der Waals surface area (Å²) in [5.74, 6) is 2.84. The lowest BCUT2D eigenvalue weighted by Crippen LogP contribution is -2.33. The second kappa shape index (κ2) is 11.2. The Morgan fingerprint density at radius 3 is 2.25 bits per heavy atom. The molecule has 3 rings (SSSR count). The number of benzene rings is 2. The molecular formula is C33H46O3. The molecule has 36 heavy (non-hydrogen) atoms. The van der Waals surface area contributed by atoms with Gasteiger partial charge in [-0.3, -0.25) is 0 Å². The van der Waals surface area contributed by atoms with Gasteiger partial charge in [0.2, 0.25) is 0 Å². The topological polar surface area (TPSA) is 27.7 Å². The van der Waals surface area contributed by atoms with Gasteiger partial charge in [-0.1, -0.05) is 59.4 Å². The summed E-state index contributed by atoms with van der Waals surface area (Å²) in [7, 11) is 5.10. The van der Waals surface area contributed by atoms with Gasteiger partial charge in [-0.05, 0) is 89.3 Å². The van der Waals surface area contributed by atoms with Gasteiger partial charge in [-0.15, -0.1) is 0 Å². The summed E-state index contributed by atoms with van der Waals surface area (Å²) in [4.78, 5) is 0. The van der Waals surface area contributed by atoms with Crippen molar-refractivity contribution in [2.75, 3.05) is 21.3 Å². The first-order valence-electron chi connectivity index (χ1n) is 13.2. The van der Waals surface area contributed by atoms with E-state index in [1.807, 2.05) is 12.1 Å². The zero-order chi connectivity index (χ0) is 26.7. The standard InChI is InChI=1S/C33H46O3/c1-22(11-12-25-13-14-28-29(20-25)33(6,7)16-15-32(28,4)5)17-30(35-9)24(3)19-27-23(2)18-26(34-8)21-31(27)36-10/h13-14,17-18,20-22H,3,11-12,15-16,19H2,1-2,4-10H3/b30-17-. The van der Waals surface area contributed by atoms with Gasteiger partial charge in [-0.25, -0.2) is 0 Å². The minimum atomic E-state index is 0.244. The van der Waals surface area contributed by atoms with E-state index in [4.69, 9.17) is 14.2 Å². The van der Waals surface area contributed by atoms with Crippen LogP contribution in [0.3, 0.4) is 0 Å². The normalized spacial score (nSPS) is 17.2. The molecule has 0 fully saturated rings. The maximum Gasteiger partial charge on any atom is 0.126 e. The molecule has 1 aliphatic rings. The molecule has 0 amide bonds. The first-order chi connectivity index (χ1) is 16.9. The SMILES string of the molecule is C=C(Cc1c(C)cc(OC)cc1OC)/C(=C/C(C)CCc1ccc2c(c1)C(C)(C)CCC2(C)C)OC. The predicted octanol–water partition coefficient (Wildman–Crippen LogP) is 8.26. The van der Waals surface area contributed by atoms with E-state index in [1.54, 1.807) is 21.3 Å². The van der Waals surface area contributed by atoms with Gasteiger partial charge in [0.05, 0.1) is 21.3 Å². The van der Waals surface area contributed by atoms with Gasteiger partial charge in [-0.2, -0.15) is 0 Å². The molecule has 1 aliphatic carbocycles. The molecule has 0 N–H and O–H groups in total. The summed E-state index contributed by atoms with van der Waals surface area (Å²) in [5.41, 5.74) is 8.18. The van der Waals surface area contributed by atoms with E-state index in [0.29, 0.717) is 12.3 Å². The number of aryl methyl sites for hydroxylation is 2. The third kappa shape index (κ3) is 6.17. The Balaban J connectivity index is 1.71. The van der Waals surface area contributed by atoms with Gasteiger partial charge in [0, 0.05) is 18.1 Å². The molecule has 2 aromatic rings. The lowest BCUT2D eigenvalue weighted by Gasteiger charge is -2.42. The highest BCUT2D eigenvalue weighted by atomic mass is 16.5. The highest BCUT2D eigenvalue weighted by Crippen LogP contribution is 2.46. The van der Waals surface area contributed by atoms with E-state index in [-0.39, 0.29) is 10.8 Å². The molecule has 0 saturated carbocycles. The number of fused-ring (bicyclic) bond motifs is 1. The number of rotatable bonds is 10. The second-order valence-electron chi connectivity index (χ2n) is 11.8. The maximum atomic E-state index is 5.79. The summed E-state index contributed by atoms with van der Waals surface area (Å²) in [6.07, 6.45) is 7.50. The van der Waals surface area contributed by atoms with Crippen LogP contribution in [0.4, 0.5) is 0 Å². The van der Waals surface area contributed by atoms with Crippen molar-refractivity contribution < 1.29 is 14.2 Å². The summed E-state index contributed by atoms with van der Waals surface area (Å²) < 4.78 is 16.8. The molecule has 0 spiro atoms. The van der Waals surface area contributed by atoms with Crippen LogP contribution < -0.4 is 9.47 Å². The molecule has 0 heterocycles. The lowest BCUT2D eigenvalue weighted by molar-refractivity contribution is 0.294. The number of hydrogen-bond donors (Lipinski definition) is 0. The van der Waals surface area contributed by atoms with E-state index < -0.39 is 0 Å². The molecule has 1 unspecified atom stereocenters. The van der Waals surface area contributed by atoms with Gasteiger partial charge in [0.1, 0.15) is 17.3 Å². The molecule has 196 valence electrons. The van der Waals surface area contributed by atoms with Gasteiger partial charge in [0.15, 0.2) is 0 Å². The summed E-state index contributed by atoms with van der Waals surface area (Å²) >= 11 is 0. The highest BCUT2D eigenvalue weighted by Gasteiger charge is 2.36. The first-order valence-corrected chi connectivity index (χ1v) is 13.2. The minimum absolute atomic E-state index is 0.244.